The largest absolute Gasteiger partial charge is 0.504 e. The van der Waals surface area contributed by atoms with Crippen molar-refractivity contribution in [2.75, 3.05) is 19.0 Å². The zero-order valence-corrected chi connectivity index (χ0v) is 15.0. The zero-order chi connectivity index (χ0) is 18.9. The summed E-state index contributed by atoms with van der Waals surface area (Å²) in [6, 6.07) is 11.9. The van der Waals surface area contributed by atoms with E-state index in [0.29, 0.717) is 17.9 Å². The molecule has 0 aliphatic rings. The van der Waals surface area contributed by atoms with Crippen LogP contribution >= 0.6 is 0 Å². The number of hydrogen-bond acceptors (Lipinski definition) is 6. The number of amides is 1. The van der Waals surface area contributed by atoms with Crippen LogP contribution < -0.4 is 20.2 Å². The Balaban J connectivity index is 1.90. The molecule has 0 aliphatic carbocycles. The fourth-order valence-corrected chi connectivity index (χ4v) is 2.20. The summed E-state index contributed by atoms with van der Waals surface area (Å²) in [6.07, 6.45) is 1.36. The second-order valence-electron chi connectivity index (χ2n) is 5.46. The highest BCUT2D eigenvalue weighted by atomic mass is 16.5. The van der Waals surface area contributed by atoms with Gasteiger partial charge in [-0.1, -0.05) is 6.07 Å². The van der Waals surface area contributed by atoms with Gasteiger partial charge in [-0.2, -0.15) is 5.10 Å². The first-order chi connectivity index (χ1) is 12.5. The summed E-state index contributed by atoms with van der Waals surface area (Å²) in [5.74, 6) is 0.773. The van der Waals surface area contributed by atoms with Crippen LogP contribution in [0.15, 0.2) is 47.6 Å². The minimum absolute atomic E-state index is 0.0337. The van der Waals surface area contributed by atoms with Gasteiger partial charge in [0, 0.05) is 11.3 Å². The minimum Gasteiger partial charge on any atom is -0.504 e. The molecule has 2 aromatic carbocycles. The Labute approximate surface area is 152 Å². The first kappa shape index (κ1) is 19.1. The summed E-state index contributed by atoms with van der Waals surface area (Å²) in [5.41, 5.74) is 3.68. The number of para-hydroxylation sites is 1. The van der Waals surface area contributed by atoms with E-state index in [1.165, 1.54) is 13.3 Å². The highest BCUT2D eigenvalue weighted by Gasteiger charge is 2.12. The Hall–Kier alpha value is -3.22. The van der Waals surface area contributed by atoms with Gasteiger partial charge in [0.15, 0.2) is 11.5 Å². The molecule has 0 spiro atoms. The third-order valence-corrected chi connectivity index (χ3v) is 3.57. The van der Waals surface area contributed by atoms with Crippen LogP contribution in [-0.2, 0) is 4.79 Å². The highest BCUT2D eigenvalue weighted by molar-refractivity contribution is 5.88. The quantitative estimate of drug-likeness (QED) is 0.499. The van der Waals surface area contributed by atoms with Crippen LogP contribution in [0.2, 0.25) is 0 Å². The molecule has 26 heavy (non-hydrogen) atoms. The number of hydrogen-bond donors (Lipinski definition) is 3. The van der Waals surface area contributed by atoms with E-state index in [-0.39, 0.29) is 11.7 Å². The standard InChI is InChI=1S/C19H23N3O4/c1-4-26-16-10-8-15(9-11-16)21-13(2)19(24)22-20-12-14-6-5-7-17(25-3)18(14)23/h5-13,21,23H,4H2,1-3H3,(H,22,24)/b20-12+. The number of hydrazone groups is 1. The molecule has 7 heteroatoms. The van der Waals surface area contributed by atoms with Crippen molar-refractivity contribution in [3.63, 3.8) is 0 Å². The molecule has 0 fully saturated rings. The van der Waals surface area contributed by atoms with Crippen molar-refractivity contribution < 1.29 is 19.4 Å². The normalized spacial score (nSPS) is 11.8. The molecule has 0 saturated heterocycles. The average molecular weight is 357 g/mol. The third-order valence-electron chi connectivity index (χ3n) is 3.57. The number of carbonyl (C=O) groups excluding carboxylic acids is 1. The molecule has 0 aliphatic heterocycles. The van der Waals surface area contributed by atoms with E-state index in [9.17, 15) is 9.90 Å². The third kappa shape index (κ3) is 5.14. The van der Waals surface area contributed by atoms with Crippen molar-refractivity contribution >= 4 is 17.8 Å². The van der Waals surface area contributed by atoms with E-state index in [1.807, 2.05) is 31.2 Å². The van der Waals surface area contributed by atoms with Crippen LogP contribution in [-0.4, -0.2) is 37.0 Å². The van der Waals surface area contributed by atoms with E-state index in [4.69, 9.17) is 9.47 Å². The van der Waals surface area contributed by atoms with Gasteiger partial charge in [0.25, 0.3) is 5.91 Å². The molecule has 1 atom stereocenters. The number of nitrogens with one attached hydrogen (secondary N) is 2. The molecule has 3 N–H and O–H groups in total. The Morgan fingerprint density at radius 1 is 1.27 bits per heavy atom. The summed E-state index contributed by atoms with van der Waals surface area (Å²) in [6.45, 7) is 4.25. The molecule has 138 valence electrons. The van der Waals surface area contributed by atoms with E-state index < -0.39 is 6.04 Å². The van der Waals surface area contributed by atoms with Gasteiger partial charge in [-0.05, 0) is 50.2 Å². The fraction of sp³-hybridized carbons (Fsp3) is 0.263. The number of rotatable bonds is 8. The molecule has 0 bridgehead atoms. The van der Waals surface area contributed by atoms with Crippen LogP contribution in [0.25, 0.3) is 0 Å². The van der Waals surface area contributed by atoms with E-state index in [2.05, 4.69) is 15.8 Å². The number of phenolic OH excluding ortho intramolecular Hbond substituents is 1. The molecule has 2 aromatic rings. The van der Waals surface area contributed by atoms with Crippen LogP contribution in [0, 0.1) is 0 Å². The van der Waals surface area contributed by atoms with E-state index >= 15 is 0 Å². The van der Waals surface area contributed by atoms with Crippen molar-refractivity contribution in [3.05, 3.63) is 48.0 Å². The lowest BCUT2D eigenvalue weighted by molar-refractivity contribution is -0.121. The average Bonchev–Trinajstić information content (AvgIpc) is 2.64. The zero-order valence-electron chi connectivity index (χ0n) is 15.0. The molecule has 1 unspecified atom stereocenters. The number of phenols is 1. The number of anilines is 1. The SMILES string of the molecule is CCOc1ccc(NC(C)C(=O)N/N=C/c2cccc(OC)c2O)cc1. The maximum absolute atomic E-state index is 12.1. The topological polar surface area (TPSA) is 92.2 Å². The summed E-state index contributed by atoms with van der Waals surface area (Å²) < 4.78 is 10.4. The molecule has 0 radical (unpaired) electrons. The number of methoxy groups -OCH3 is 1. The number of benzene rings is 2. The molecular weight excluding hydrogens is 334 g/mol. The van der Waals surface area contributed by atoms with E-state index in [1.54, 1.807) is 25.1 Å². The van der Waals surface area contributed by atoms with Crippen molar-refractivity contribution in [1.82, 2.24) is 5.43 Å². The molecule has 7 nitrogen and oxygen atoms in total. The van der Waals surface area contributed by atoms with Gasteiger partial charge in [-0.3, -0.25) is 4.79 Å². The van der Waals surface area contributed by atoms with Gasteiger partial charge in [0.05, 0.1) is 19.9 Å². The smallest absolute Gasteiger partial charge is 0.262 e. The molecule has 2 rings (SSSR count). The van der Waals surface area contributed by atoms with Crippen LogP contribution in [0.4, 0.5) is 5.69 Å². The van der Waals surface area contributed by atoms with Crippen LogP contribution in [0.3, 0.4) is 0 Å². The summed E-state index contributed by atoms with van der Waals surface area (Å²) in [4.78, 5) is 12.1. The van der Waals surface area contributed by atoms with Gasteiger partial charge in [0.2, 0.25) is 0 Å². The summed E-state index contributed by atoms with van der Waals surface area (Å²) in [7, 11) is 1.46. The Bertz CT molecular complexity index is 760. The number of nitrogens with zero attached hydrogens (tertiary/aromatic N) is 1. The first-order valence-corrected chi connectivity index (χ1v) is 8.23. The number of carbonyl (C=O) groups is 1. The molecule has 0 heterocycles. The summed E-state index contributed by atoms with van der Waals surface area (Å²) >= 11 is 0. The van der Waals surface area contributed by atoms with Gasteiger partial charge in [-0.25, -0.2) is 5.43 Å². The maximum Gasteiger partial charge on any atom is 0.262 e. The van der Waals surface area contributed by atoms with Gasteiger partial charge < -0.3 is 19.9 Å². The number of aromatic hydroxyl groups is 1. The summed E-state index contributed by atoms with van der Waals surface area (Å²) in [5, 5.41) is 16.9. The van der Waals surface area contributed by atoms with E-state index in [0.717, 1.165) is 11.4 Å². The van der Waals surface area contributed by atoms with Crippen molar-refractivity contribution in [1.29, 1.82) is 0 Å². The predicted octanol–water partition coefficient (Wildman–Crippen LogP) is 2.75. The predicted molar refractivity (Wildman–Crippen MR) is 101 cm³/mol. The van der Waals surface area contributed by atoms with Crippen molar-refractivity contribution in [2.45, 2.75) is 19.9 Å². The molecular formula is C19H23N3O4. The van der Waals surface area contributed by atoms with Crippen molar-refractivity contribution in [2.24, 2.45) is 5.10 Å². The molecule has 1 amide bonds. The van der Waals surface area contributed by atoms with Gasteiger partial charge in [0.1, 0.15) is 11.8 Å². The molecule has 0 saturated carbocycles. The minimum atomic E-state index is -0.496. The lowest BCUT2D eigenvalue weighted by Gasteiger charge is -2.14. The van der Waals surface area contributed by atoms with Crippen LogP contribution in [0.5, 0.6) is 17.2 Å². The highest BCUT2D eigenvalue weighted by Crippen LogP contribution is 2.27. The lowest BCUT2D eigenvalue weighted by Crippen LogP contribution is -2.34. The second-order valence-corrected chi connectivity index (χ2v) is 5.46. The van der Waals surface area contributed by atoms with Gasteiger partial charge in [-0.15, -0.1) is 0 Å². The maximum atomic E-state index is 12.1. The number of ether oxygens (including phenoxy) is 2. The Morgan fingerprint density at radius 2 is 2.00 bits per heavy atom. The Morgan fingerprint density at radius 3 is 2.65 bits per heavy atom. The Kier molecular flexibility index (Phi) is 6.84. The van der Waals surface area contributed by atoms with Gasteiger partial charge >= 0.3 is 0 Å². The second kappa shape index (κ2) is 9.31. The lowest BCUT2D eigenvalue weighted by atomic mass is 10.2. The fourth-order valence-electron chi connectivity index (χ4n) is 2.20. The monoisotopic (exact) mass is 357 g/mol. The molecule has 0 aromatic heterocycles. The first-order valence-electron chi connectivity index (χ1n) is 8.23. The van der Waals surface area contributed by atoms with Crippen LogP contribution in [0.1, 0.15) is 19.4 Å². The van der Waals surface area contributed by atoms with Crippen molar-refractivity contribution in [3.8, 4) is 17.2 Å².